The van der Waals surface area contributed by atoms with E-state index in [1.54, 1.807) is 0 Å². The van der Waals surface area contributed by atoms with E-state index in [2.05, 4.69) is 0 Å². The van der Waals surface area contributed by atoms with Gasteiger partial charge in [0.05, 0.1) is 5.69 Å². The average molecular weight is 367 g/mol. The summed E-state index contributed by atoms with van der Waals surface area (Å²) in [5, 5.41) is 0. The van der Waals surface area contributed by atoms with Crippen LogP contribution in [0.5, 0.6) is 0 Å². The van der Waals surface area contributed by atoms with Crippen LogP contribution >= 0.6 is 0 Å². The summed E-state index contributed by atoms with van der Waals surface area (Å²) in [4.78, 5) is 27.1. The van der Waals surface area contributed by atoms with Crippen LogP contribution in [0.15, 0.2) is 54.6 Å². The number of hydrogen-bond acceptors (Lipinski definition) is 4. The van der Waals surface area contributed by atoms with Crippen LogP contribution in [0.3, 0.4) is 0 Å². The Kier molecular flexibility index (Phi) is 5.49. The van der Waals surface area contributed by atoms with E-state index in [1.807, 2.05) is 75.4 Å². The van der Waals surface area contributed by atoms with E-state index in [0.717, 1.165) is 11.1 Å². The Morgan fingerprint density at radius 1 is 1.04 bits per heavy atom. The molecule has 5 heteroatoms. The molecule has 0 saturated carbocycles. The maximum Gasteiger partial charge on any atom is 0.415 e. The van der Waals surface area contributed by atoms with E-state index in [9.17, 15) is 9.59 Å². The zero-order valence-corrected chi connectivity index (χ0v) is 16.0. The highest BCUT2D eigenvalue weighted by atomic mass is 16.6. The van der Waals surface area contributed by atoms with Crippen molar-refractivity contribution in [2.75, 3.05) is 4.90 Å². The first-order chi connectivity index (χ1) is 12.8. The normalized spacial score (nSPS) is 16.4. The topological polar surface area (TPSA) is 55.8 Å². The zero-order valence-electron chi connectivity index (χ0n) is 16.0. The first-order valence-electron chi connectivity index (χ1n) is 9.16. The number of amides is 1. The van der Waals surface area contributed by atoms with Gasteiger partial charge in [0.2, 0.25) is 0 Å². The van der Waals surface area contributed by atoms with Gasteiger partial charge in [0, 0.05) is 0 Å². The molecule has 0 radical (unpaired) electrons. The lowest BCUT2D eigenvalue weighted by Crippen LogP contribution is -2.50. The minimum atomic E-state index is -0.696. The van der Waals surface area contributed by atoms with E-state index in [1.165, 1.54) is 4.90 Å². The van der Waals surface area contributed by atoms with E-state index in [0.29, 0.717) is 18.5 Å². The van der Waals surface area contributed by atoms with Gasteiger partial charge in [-0.05, 0) is 50.8 Å². The summed E-state index contributed by atoms with van der Waals surface area (Å²) in [5.41, 5.74) is 1.99. The third-order valence-electron chi connectivity index (χ3n) is 4.34. The van der Waals surface area contributed by atoms with Crippen LogP contribution in [0.25, 0.3) is 0 Å². The SMILES string of the molecule is CC(C)(C)OC(=O)N1c2ccccc2CC[C@H]1C(=O)OCc1ccccc1. The largest absolute Gasteiger partial charge is 0.459 e. The smallest absolute Gasteiger partial charge is 0.415 e. The standard InChI is InChI=1S/C22H25NO4/c1-22(2,3)27-21(25)23-18-12-8-7-11-17(18)13-14-19(23)20(24)26-15-16-9-5-4-6-10-16/h4-12,19H,13-15H2,1-3H3/t19-/m0/s1. The van der Waals surface area contributed by atoms with Crippen molar-refractivity contribution in [3.05, 3.63) is 65.7 Å². The molecule has 142 valence electrons. The van der Waals surface area contributed by atoms with Gasteiger partial charge in [0.25, 0.3) is 0 Å². The molecular formula is C22H25NO4. The monoisotopic (exact) mass is 367 g/mol. The Bertz CT molecular complexity index is 811. The van der Waals surface area contributed by atoms with Crippen LogP contribution < -0.4 is 4.90 Å². The molecule has 2 aromatic carbocycles. The molecule has 27 heavy (non-hydrogen) atoms. The maximum absolute atomic E-state index is 12.9. The second-order valence-electron chi connectivity index (χ2n) is 7.63. The van der Waals surface area contributed by atoms with Gasteiger partial charge in [-0.15, -0.1) is 0 Å². The van der Waals surface area contributed by atoms with Crippen LogP contribution in [0.2, 0.25) is 0 Å². The summed E-state index contributed by atoms with van der Waals surface area (Å²) >= 11 is 0. The summed E-state index contributed by atoms with van der Waals surface area (Å²) in [5.74, 6) is -0.417. The molecule has 1 amide bonds. The molecule has 0 aliphatic carbocycles. The summed E-state index contributed by atoms with van der Waals surface area (Å²) in [6.45, 7) is 5.61. The first kappa shape index (κ1) is 19.0. The van der Waals surface area contributed by atoms with Gasteiger partial charge in [-0.2, -0.15) is 0 Å². The lowest BCUT2D eigenvalue weighted by atomic mass is 9.96. The highest BCUT2D eigenvalue weighted by Gasteiger charge is 2.38. The molecule has 1 heterocycles. The summed E-state index contributed by atoms with van der Waals surface area (Å²) < 4.78 is 11.1. The number of benzene rings is 2. The van der Waals surface area contributed by atoms with Gasteiger partial charge in [-0.25, -0.2) is 9.59 Å². The van der Waals surface area contributed by atoms with Gasteiger partial charge in [0.15, 0.2) is 0 Å². The van der Waals surface area contributed by atoms with Crippen molar-refractivity contribution in [2.24, 2.45) is 0 Å². The average Bonchev–Trinajstić information content (AvgIpc) is 2.64. The molecule has 1 aliphatic rings. The second-order valence-corrected chi connectivity index (χ2v) is 7.63. The summed E-state index contributed by atoms with van der Waals surface area (Å²) in [7, 11) is 0. The Hall–Kier alpha value is -2.82. The molecule has 0 spiro atoms. The van der Waals surface area contributed by atoms with Crippen molar-refractivity contribution in [3.8, 4) is 0 Å². The van der Waals surface area contributed by atoms with E-state index in [4.69, 9.17) is 9.47 Å². The quantitative estimate of drug-likeness (QED) is 0.750. The molecule has 1 atom stereocenters. The van der Waals surface area contributed by atoms with Gasteiger partial charge in [-0.1, -0.05) is 48.5 Å². The van der Waals surface area contributed by atoms with Crippen molar-refractivity contribution in [3.63, 3.8) is 0 Å². The predicted molar refractivity (Wildman–Crippen MR) is 104 cm³/mol. The minimum Gasteiger partial charge on any atom is -0.459 e. The van der Waals surface area contributed by atoms with Crippen molar-refractivity contribution in [2.45, 2.75) is 51.9 Å². The molecule has 1 aliphatic heterocycles. The minimum absolute atomic E-state index is 0.181. The van der Waals surface area contributed by atoms with Crippen molar-refractivity contribution in [1.82, 2.24) is 0 Å². The number of para-hydroxylation sites is 1. The molecule has 0 unspecified atom stereocenters. The number of esters is 1. The summed E-state index contributed by atoms with van der Waals surface area (Å²) in [6, 6.07) is 16.4. The van der Waals surface area contributed by atoms with Crippen molar-refractivity contribution >= 4 is 17.7 Å². The van der Waals surface area contributed by atoms with Gasteiger partial charge in [0.1, 0.15) is 18.2 Å². The number of fused-ring (bicyclic) bond motifs is 1. The van der Waals surface area contributed by atoms with Crippen LogP contribution in [-0.2, 0) is 27.3 Å². The molecule has 0 N–H and O–H groups in total. The summed E-state index contributed by atoms with van der Waals surface area (Å²) in [6.07, 6.45) is 0.682. The maximum atomic E-state index is 12.9. The number of rotatable bonds is 3. The van der Waals surface area contributed by atoms with Crippen LogP contribution in [0, 0.1) is 0 Å². The highest BCUT2D eigenvalue weighted by molar-refractivity contribution is 5.97. The van der Waals surface area contributed by atoms with Crippen molar-refractivity contribution < 1.29 is 19.1 Å². The molecular weight excluding hydrogens is 342 g/mol. The Morgan fingerprint density at radius 2 is 1.70 bits per heavy atom. The molecule has 2 aromatic rings. The third-order valence-corrected chi connectivity index (χ3v) is 4.34. The molecule has 0 saturated heterocycles. The Labute approximate surface area is 159 Å². The number of hydrogen-bond donors (Lipinski definition) is 0. The Morgan fingerprint density at radius 3 is 2.41 bits per heavy atom. The van der Waals surface area contributed by atoms with Crippen LogP contribution in [-0.4, -0.2) is 23.7 Å². The number of carbonyl (C=O) groups excluding carboxylic acids is 2. The third kappa shape index (κ3) is 4.67. The molecule has 0 bridgehead atoms. The van der Waals surface area contributed by atoms with E-state index >= 15 is 0 Å². The van der Waals surface area contributed by atoms with Gasteiger partial charge in [-0.3, -0.25) is 4.90 Å². The first-order valence-corrected chi connectivity index (χ1v) is 9.16. The molecule has 0 fully saturated rings. The lowest BCUT2D eigenvalue weighted by molar-refractivity contribution is -0.146. The number of anilines is 1. The molecule has 5 nitrogen and oxygen atoms in total. The second kappa shape index (κ2) is 7.82. The van der Waals surface area contributed by atoms with E-state index in [-0.39, 0.29) is 6.61 Å². The fourth-order valence-electron chi connectivity index (χ4n) is 3.13. The zero-order chi connectivity index (χ0) is 19.4. The fourth-order valence-corrected chi connectivity index (χ4v) is 3.13. The number of carbonyl (C=O) groups is 2. The van der Waals surface area contributed by atoms with Crippen molar-refractivity contribution in [1.29, 1.82) is 0 Å². The number of nitrogens with zero attached hydrogens (tertiary/aromatic N) is 1. The van der Waals surface area contributed by atoms with E-state index < -0.39 is 23.7 Å². The molecule has 3 rings (SSSR count). The van der Waals surface area contributed by atoms with Gasteiger partial charge < -0.3 is 9.47 Å². The van der Waals surface area contributed by atoms with Crippen LogP contribution in [0.1, 0.15) is 38.3 Å². The van der Waals surface area contributed by atoms with Crippen LogP contribution in [0.4, 0.5) is 10.5 Å². The highest BCUT2D eigenvalue weighted by Crippen LogP contribution is 2.32. The predicted octanol–water partition coefficient (Wildman–Crippen LogP) is 4.49. The van der Waals surface area contributed by atoms with Gasteiger partial charge >= 0.3 is 12.1 Å². The lowest BCUT2D eigenvalue weighted by Gasteiger charge is -2.36. The number of ether oxygens (including phenoxy) is 2. The Balaban J connectivity index is 1.81. The molecule has 0 aromatic heterocycles. The fraction of sp³-hybridized carbons (Fsp3) is 0.364. The number of aryl methyl sites for hydroxylation is 1.